The highest BCUT2D eigenvalue weighted by atomic mass is 19.2. The molecule has 2 nitrogen and oxygen atoms in total. The van der Waals surface area contributed by atoms with Crippen LogP contribution in [0.3, 0.4) is 0 Å². The topological polar surface area (TPSA) is 20.3 Å². The van der Waals surface area contributed by atoms with Gasteiger partial charge in [-0.05, 0) is 36.6 Å². The van der Waals surface area contributed by atoms with Gasteiger partial charge in [0.15, 0.2) is 17.5 Å². The van der Waals surface area contributed by atoms with E-state index in [-0.39, 0.29) is 0 Å². The summed E-state index contributed by atoms with van der Waals surface area (Å²) in [6, 6.07) is 9.06. The van der Waals surface area contributed by atoms with Crippen LogP contribution in [0.25, 0.3) is 0 Å². The van der Waals surface area contributed by atoms with E-state index < -0.39 is 28.9 Å². The molecule has 2 aromatic rings. The lowest BCUT2D eigenvalue weighted by Gasteiger charge is -2.29. The SMILES string of the molecule is O=C(c1ccc(F)c(F)c1F)N1CCCc2ccccc21. The number of hydrogen-bond donors (Lipinski definition) is 0. The molecule has 21 heavy (non-hydrogen) atoms. The normalized spacial score (nSPS) is 14.0. The molecule has 0 aromatic heterocycles. The lowest BCUT2D eigenvalue weighted by atomic mass is 10.0. The number of fused-ring (bicyclic) bond motifs is 1. The van der Waals surface area contributed by atoms with Crippen molar-refractivity contribution in [3.8, 4) is 0 Å². The van der Waals surface area contributed by atoms with E-state index in [1.165, 1.54) is 4.90 Å². The molecule has 0 aliphatic carbocycles. The summed E-state index contributed by atoms with van der Waals surface area (Å²) in [5.41, 5.74) is 1.23. The molecular formula is C16H12F3NO. The quantitative estimate of drug-likeness (QED) is 0.734. The van der Waals surface area contributed by atoms with E-state index in [1.807, 2.05) is 12.1 Å². The Kier molecular flexibility index (Phi) is 3.41. The van der Waals surface area contributed by atoms with Crippen molar-refractivity contribution in [2.45, 2.75) is 12.8 Å². The Morgan fingerprint density at radius 2 is 1.76 bits per heavy atom. The first kappa shape index (κ1) is 13.7. The van der Waals surface area contributed by atoms with Crippen LogP contribution in [-0.2, 0) is 6.42 Å². The highest BCUT2D eigenvalue weighted by Crippen LogP contribution is 2.29. The zero-order valence-electron chi connectivity index (χ0n) is 11.1. The highest BCUT2D eigenvalue weighted by molar-refractivity contribution is 6.06. The minimum Gasteiger partial charge on any atom is -0.308 e. The van der Waals surface area contributed by atoms with E-state index in [4.69, 9.17) is 0 Å². The van der Waals surface area contributed by atoms with E-state index in [2.05, 4.69) is 0 Å². The Hall–Kier alpha value is -2.30. The van der Waals surface area contributed by atoms with Crippen molar-refractivity contribution in [1.29, 1.82) is 0 Å². The molecule has 1 amide bonds. The predicted molar refractivity (Wildman–Crippen MR) is 72.8 cm³/mol. The van der Waals surface area contributed by atoms with Crippen LogP contribution in [0.15, 0.2) is 36.4 Å². The van der Waals surface area contributed by atoms with Gasteiger partial charge in [-0.25, -0.2) is 13.2 Å². The Balaban J connectivity index is 2.03. The molecule has 2 aromatic carbocycles. The third kappa shape index (κ3) is 2.28. The number of aryl methyl sites for hydroxylation is 1. The van der Waals surface area contributed by atoms with Crippen molar-refractivity contribution < 1.29 is 18.0 Å². The maximum Gasteiger partial charge on any atom is 0.261 e. The third-order valence-electron chi connectivity index (χ3n) is 3.62. The van der Waals surface area contributed by atoms with Gasteiger partial charge < -0.3 is 4.90 Å². The minimum absolute atomic E-state index is 0.425. The Bertz CT molecular complexity index is 715. The molecule has 0 radical (unpaired) electrons. The molecule has 1 aliphatic rings. The summed E-state index contributed by atoms with van der Waals surface area (Å²) in [4.78, 5) is 13.9. The zero-order chi connectivity index (χ0) is 15.0. The average Bonchev–Trinajstić information content (AvgIpc) is 2.51. The van der Waals surface area contributed by atoms with Crippen molar-refractivity contribution in [3.05, 3.63) is 65.0 Å². The Labute approximate surface area is 119 Å². The first-order chi connectivity index (χ1) is 10.1. The molecule has 0 bridgehead atoms. The number of anilines is 1. The summed E-state index contributed by atoms with van der Waals surface area (Å²) in [7, 11) is 0. The third-order valence-corrected chi connectivity index (χ3v) is 3.62. The van der Waals surface area contributed by atoms with Crippen molar-refractivity contribution in [3.63, 3.8) is 0 Å². The maximum atomic E-state index is 13.8. The van der Waals surface area contributed by atoms with Gasteiger partial charge >= 0.3 is 0 Å². The van der Waals surface area contributed by atoms with E-state index in [0.29, 0.717) is 12.2 Å². The fourth-order valence-corrected chi connectivity index (χ4v) is 2.58. The first-order valence-electron chi connectivity index (χ1n) is 6.63. The Morgan fingerprint density at radius 1 is 1.00 bits per heavy atom. The Morgan fingerprint density at radius 3 is 2.57 bits per heavy atom. The fourth-order valence-electron chi connectivity index (χ4n) is 2.58. The summed E-state index contributed by atoms with van der Waals surface area (Å²) in [5, 5.41) is 0. The predicted octanol–water partition coefficient (Wildman–Crippen LogP) is 3.70. The lowest BCUT2D eigenvalue weighted by Crippen LogP contribution is -2.36. The van der Waals surface area contributed by atoms with E-state index in [0.717, 1.165) is 30.5 Å². The van der Waals surface area contributed by atoms with Gasteiger partial charge in [0.2, 0.25) is 0 Å². The van der Waals surface area contributed by atoms with Gasteiger partial charge in [-0.2, -0.15) is 0 Å². The van der Waals surface area contributed by atoms with Gasteiger partial charge in [0.05, 0.1) is 5.56 Å². The van der Waals surface area contributed by atoms with Crippen molar-refractivity contribution >= 4 is 11.6 Å². The van der Waals surface area contributed by atoms with Crippen molar-refractivity contribution in [2.75, 3.05) is 11.4 Å². The largest absolute Gasteiger partial charge is 0.308 e. The van der Waals surface area contributed by atoms with Gasteiger partial charge in [0, 0.05) is 12.2 Å². The van der Waals surface area contributed by atoms with Crippen LogP contribution < -0.4 is 4.90 Å². The molecule has 0 N–H and O–H groups in total. The van der Waals surface area contributed by atoms with Gasteiger partial charge in [-0.1, -0.05) is 18.2 Å². The van der Waals surface area contributed by atoms with Crippen LogP contribution in [0.4, 0.5) is 18.9 Å². The second-order valence-electron chi connectivity index (χ2n) is 4.91. The second kappa shape index (κ2) is 5.24. The number of carbonyl (C=O) groups is 1. The molecule has 1 aliphatic heterocycles. The summed E-state index contributed by atoms with van der Waals surface area (Å²) in [6.45, 7) is 0.425. The van der Waals surface area contributed by atoms with Crippen LogP contribution in [0.2, 0.25) is 0 Å². The molecule has 0 atom stereocenters. The number of hydrogen-bond acceptors (Lipinski definition) is 1. The first-order valence-corrected chi connectivity index (χ1v) is 6.63. The van der Waals surface area contributed by atoms with Gasteiger partial charge in [0.25, 0.3) is 5.91 Å². The molecule has 5 heteroatoms. The molecule has 1 heterocycles. The molecule has 0 saturated carbocycles. The molecule has 0 fully saturated rings. The number of nitrogens with zero attached hydrogens (tertiary/aromatic N) is 1. The molecule has 0 spiro atoms. The summed E-state index contributed by atoms with van der Waals surface area (Å²) in [6.07, 6.45) is 1.58. The number of carbonyl (C=O) groups excluding carboxylic acids is 1. The van der Waals surface area contributed by atoms with Crippen LogP contribution in [0, 0.1) is 17.5 Å². The van der Waals surface area contributed by atoms with Gasteiger partial charge in [0.1, 0.15) is 0 Å². The van der Waals surface area contributed by atoms with Gasteiger partial charge in [-0.15, -0.1) is 0 Å². The minimum atomic E-state index is -1.62. The number of para-hydroxylation sites is 1. The standard InChI is InChI=1S/C16H12F3NO/c17-12-8-7-11(14(18)15(12)19)16(21)20-9-3-5-10-4-1-2-6-13(10)20/h1-2,4,6-8H,3,5,9H2. The summed E-state index contributed by atoms with van der Waals surface area (Å²) < 4.78 is 40.0. The molecule has 0 saturated heterocycles. The van der Waals surface area contributed by atoms with E-state index in [9.17, 15) is 18.0 Å². The zero-order valence-corrected chi connectivity index (χ0v) is 11.1. The van der Waals surface area contributed by atoms with Crippen molar-refractivity contribution in [1.82, 2.24) is 0 Å². The highest BCUT2D eigenvalue weighted by Gasteiger charge is 2.27. The number of halogens is 3. The van der Waals surface area contributed by atoms with Gasteiger partial charge in [-0.3, -0.25) is 4.79 Å². The van der Waals surface area contributed by atoms with E-state index >= 15 is 0 Å². The maximum absolute atomic E-state index is 13.8. The smallest absolute Gasteiger partial charge is 0.261 e. The number of rotatable bonds is 1. The molecule has 0 unspecified atom stereocenters. The second-order valence-corrected chi connectivity index (χ2v) is 4.91. The van der Waals surface area contributed by atoms with Crippen LogP contribution in [0.1, 0.15) is 22.3 Å². The molecule has 3 rings (SSSR count). The summed E-state index contributed by atoms with van der Waals surface area (Å²) in [5.74, 6) is -5.02. The molecular weight excluding hydrogens is 279 g/mol. The molecule has 108 valence electrons. The number of amides is 1. The number of benzene rings is 2. The van der Waals surface area contributed by atoms with E-state index in [1.54, 1.807) is 12.1 Å². The average molecular weight is 291 g/mol. The lowest BCUT2D eigenvalue weighted by molar-refractivity contribution is 0.0980. The fraction of sp³-hybridized carbons (Fsp3) is 0.188. The van der Waals surface area contributed by atoms with Crippen molar-refractivity contribution in [2.24, 2.45) is 0 Å². The summed E-state index contributed by atoms with van der Waals surface area (Å²) >= 11 is 0. The van der Waals surface area contributed by atoms with Crippen LogP contribution in [-0.4, -0.2) is 12.5 Å². The monoisotopic (exact) mass is 291 g/mol. The van der Waals surface area contributed by atoms with Crippen LogP contribution >= 0.6 is 0 Å². The van der Waals surface area contributed by atoms with Crippen LogP contribution in [0.5, 0.6) is 0 Å².